The Bertz CT molecular complexity index is 326. The molecule has 0 spiro atoms. The summed E-state index contributed by atoms with van der Waals surface area (Å²) in [7, 11) is 0. The van der Waals surface area contributed by atoms with Crippen molar-refractivity contribution in [1.82, 2.24) is 5.32 Å². The predicted molar refractivity (Wildman–Crippen MR) is 87.5 cm³/mol. The second kappa shape index (κ2) is 9.00. The molecule has 2 atom stereocenters. The van der Waals surface area contributed by atoms with E-state index in [0.717, 1.165) is 22.7 Å². The first-order valence-electron chi connectivity index (χ1n) is 6.75. The molecule has 0 saturated carbocycles. The van der Waals surface area contributed by atoms with Crippen molar-refractivity contribution in [2.45, 2.75) is 44.9 Å². The summed E-state index contributed by atoms with van der Waals surface area (Å²) in [6.07, 6.45) is 2.37. The Kier molecular flexibility index (Phi) is 8.03. The highest BCUT2D eigenvalue weighted by molar-refractivity contribution is 9.10. The summed E-state index contributed by atoms with van der Waals surface area (Å²) in [6, 6.07) is 9.25. The minimum atomic E-state index is 0.579. The van der Waals surface area contributed by atoms with Crippen LogP contribution in [0, 0.1) is 0 Å². The molecule has 0 fully saturated rings. The number of nitrogens with one attached hydrogen (secondary N) is 1. The lowest BCUT2D eigenvalue weighted by Gasteiger charge is -2.19. The summed E-state index contributed by atoms with van der Waals surface area (Å²) < 4.78 is 1.15. The van der Waals surface area contributed by atoms with Crippen LogP contribution in [0.15, 0.2) is 28.7 Å². The SMILES string of the molecule is CCNC(CSC(C)CC)Cc1ccc(Br)cc1. The first-order valence-corrected chi connectivity index (χ1v) is 8.59. The van der Waals surface area contributed by atoms with Gasteiger partial charge in [0.25, 0.3) is 0 Å². The summed E-state index contributed by atoms with van der Waals surface area (Å²) in [4.78, 5) is 0. The monoisotopic (exact) mass is 329 g/mol. The van der Waals surface area contributed by atoms with Crippen LogP contribution in [0.2, 0.25) is 0 Å². The van der Waals surface area contributed by atoms with Crippen molar-refractivity contribution in [2.24, 2.45) is 0 Å². The molecule has 0 aromatic heterocycles. The van der Waals surface area contributed by atoms with E-state index >= 15 is 0 Å². The van der Waals surface area contributed by atoms with E-state index in [9.17, 15) is 0 Å². The molecule has 1 nitrogen and oxygen atoms in total. The molecule has 18 heavy (non-hydrogen) atoms. The van der Waals surface area contributed by atoms with Gasteiger partial charge in [0.05, 0.1) is 0 Å². The minimum absolute atomic E-state index is 0.579. The van der Waals surface area contributed by atoms with Gasteiger partial charge >= 0.3 is 0 Å². The molecule has 1 aromatic carbocycles. The van der Waals surface area contributed by atoms with Gasteiger partial charge in [0.1, 0.15) is 0 Å². The number of hydrogen-bond donors (Lipinski definition) is 1. The number of rotatable bonds is 8. The second-order valence-corrected chi connectivity index (χ2v) is 7.02. The van der Waals surface area contributed by atoms with E-state index in [1.54, 1.807) is 0 Å². The van der Waals surface area contributed by atoms with Crippen molar-refractivity contribution in [1.29, 1.82) is 0 Å². The van der Waals surface area contributed by atoms with E-state index in [1.807, 2.05) is 0 Å². The van der Waals surface area contributed by atoms with Gasteiger partial charge in [0, 0.05) is 21.5 Å². The summed E-state index contributed by atoms with van der Waals surface area (Å²) in [6.45, 7) is 7.80. The van der Waals surface area contributed by atoms with Crippen LogP contribution in [-0.4, -0.2) is 23.6 Å². The first-order chi connectivity index (χ1) is 8.65. The topological polar surface area (TPSA) is 12.0 Å². The molecule has 0 bridgehead atoms. The molecule has 102 valence electrons. The molecule has 1 N–H and O–H groups in total. The molecule has 0 saturated heterocycles. The Labute approximate surface area is 124 Å². The van der Waals surface area contributed by atoms with Crippen LogP contribution in [0.5, 0.6) is 0 Å². The molecule has 1 aromatic rings. The molecule has 3 heteroatoms. The molecule has 1 rings (SSSR count). The molecule has 0 aliphatic carbocycles. The zero-order valence-corrected chi connectivity index (χ0v) is 14.0. The Morgan fingerprint density at radius 1 is 1.22 bits per heavy atom. The summed E-state index contributed by atoms with van der Waals surface area (Å²) >= 11 is 5.56. The van der Waals surface area contributed by atoms with Crippen LogP contribution in [-0.2, 0) is 6.42 Å². The van der Waals surface area contributed by atoms with E-state index in [4.69, 9.17) is 0 Å². The maximum Gasteiger partial charge on any atom is 0.0198 e. The average molecular weight is 330 g/mol. The largest absolute Gasteiger partial charge is 0.313 e. The van der Waals surface area contributed by atoms with Crippen LogP contribution < -0.4 is 5.32 Å². The van der Waals surface area contributed by atoms with Crippen molar-refractivity contribution in [3.05, 3.63) is 34.3 Å². The van der Waals surface area contributed by atoms with Gasteiger partial charge in [-0.25, -0.2) is 0 Å². The van der Waals surface area contributed by atoms with Gasteiger partial charge in [-0.2, -0.15) is 11.8 Å². The van der Waals surface area contributed by atoms with E-state index in [-0.39, 0.29) is 0 Å². The molecule has 0 amide bonds. The molecular formula is C15H24BrNS. The van der Waals surface area contributed by atoms with Crippen LogP contribution in [0.4, 0.5) is 0 Å². The number of thioether (sulfide) groups is 1. The molecular weight excluding hydrogens is 306 g/mol. The minimum Gasteiger partial charge on any atom is -0.313 e. The lowest BCUT2D eigenvalue weighted by molar-refractivity contribution is 0.572. The number of hydrogen-bond acceptors (Lipinski definition) is 2. The highest BCUT2D eigenvalue weighted by Crippen LogP contribution is 2.17. The van der Waals surface area contributed by atoms with Gasteiger partial charge < -0.3 is 5.32 Å². The maximum atomic E-state index is 3.59. The summed E-state index contributed by atoms with van der Waals surface area (Å²) in [5, 5.41) is 4.35. The first kappa shape index (κ1) is 16.1. The molecule has 0 aliphatic heterocycles. The fraction of sp³-hybridized carbons (Fsp3) is 0.600. The van der Waals surface area contributed by atoms with Gasteiger partial charge in [-0.3, -0.25) is 0 Å². The normalized spacial score (nSPS) is 14.4. The van der Waals surface area contributed by atoms with Crippen molar-refractivity contribution >= 4 is 27.7 Å². The molecule has 0 radical (unpaired) electrons. The quantitative estimate of drug-likeness (QED) is 0.753. The second-order valence-electron chi connectivity index (χ2n) is 4.64. The Hall–Kier alpha value is 0.01000. The third-order valence-electron chi connectivity index (χ3n) is 3.05. The van der Waals surface area contributed by atoms with Gasteiger partial charge in [-0.05, 0) is 37.1 Å². The van der Waals surface area contributed by atoms with Gasteiger partial charge in [-0.15, -0.1) is 0 Å². The number of benzene rings is 1. The molecule has 0 heterocycles. The third-order valence-corrected chi connectivity index (χ3v) is 5.07. The Balaban J connectivity index is 2.48. The summed E-state index contributed by atoms with van der Waals surface area (Å²) in [5.74, 6) is 1.19. The van der Waals surface area contributed by atoms with Crippen molar-refractivity contribution in [2.75, 3.05) is 12.3 Å². The van der Waals surface area contributed by atoms with E-state index in [2.05, 4.69) is 78.0 Å². The molecule has 0 aliphatic rings. The van der Waals surface area contributed by atoms with Crippen molar-refractivity contribution in [3.8, 4) is 0 Å². The van der Waals surface area contributed by atoms with Crippen LogP contribution in [0.1, 0.15) is 32.8 Å². The van der Waals surface area contributed by atoms with Gasteiger partial charge in [0.2, 0.25) is 0 Å². The maximum absolute atomic E-state index is 3.59. The Morgan fingerprint density at radius 3 is 2.44 bits per heavy atom. The van der Waals surface area contributed by atoms with Gasteiger partial charge in [-0.1, -0.05) is 48.8 Å². The standard InChI is InChI=1S/C15H24BrNS/c1-4-12(3)18-11-15(17-5-2)10-13-6-8-14(16)9-7-13/h6-9,12,15,17H,4-5,10-11H2,1-3H3. The van der Waals surface area contributed by atoms with E-state index in [1.165, 1.54) is 17.7 Å². The van der Waals surface area contributed by atoms with Crippen LogP contribution in [0.3, 0.4) is 0 Å². The highest BCUT2D eigenvalue weighted by atomic mass is 79.9. The Morgan fingerprint density at radius 2 is 1.89 bits per heavy atom. The lowest BCUT2D eigenvalue weighted by Crippen LogP contribution is -2.33. The average Bonchev–Trinajstić information content (AvgIpc) is 2.38. The fourth-order valence-electron chi connectivity index (χ4n) is 1.78. The van der Waals surface area contributed by atoms with Crippen LogP contribution in [0.25, 0.3) is 0 Å². The van der Waals surface area contributed by atoms with Gasteiger partial charge in [0.15, 0.2) is 0 Å². The third kappa shape index (κ3) is 6.26. The van der Waals surface area contributed by atoms with Crippen molar-refractivity contribution < 1.29 is 0 Å². The smallest absolute Gasteiger partial charge is 0.0198 e. The fourth-order valence-corrected chi connectivity index (χ4v) is 3.08. The van der Waals surface area contributed by atoms with E-state index < -0.39 is 0 Å². The number of likely N-dealkylation sites (N-methyl/N-ethyl adjacent to an activating group) is 1. The number of halogens is 1. The zero-order valence-electron chi connectivity index (χ0n) is 11.6. The van der Waals surface area contributed by atoms with Crippen LogP contribution >= 0.6 is 27.7 Å². The van der Waals surface area contributed by atoms with Crippen molar-refractivity contribution in [3.63, 3.8) is 0 Å². The predicted octanol–water partition coefficient (Wildman–Crippen LogP) is 4.50. The lowest BCUT2D eigenvalue weighted by atomic mass is 10.1. The highest BCUT2D eigenvalue weighted by Gasteiger charge is 2.10. The summed E-state index contributed by atoms with van der Waals surface area (Å²) in [5.41, 5.74) is 1.41. The zero-order chi connectivity index (χ0) is 13.4. The van der Waals surface area contributed by atoms with E-state index in [0.29, 0.717) is 6.04 Å². The molecule has 2 unspecified atom stereocenters.